The first-order valence-corrected chi connectivity index (χ1v) is 10.5. The van der Waals surface area contributed by atoms with Crippen molar-refractivity contribution in [2.45, 2.75) is 50.5 Å². The number of hydrogen-bond donors (Lipinski definition) is 1. The molecule has 0 aliphatic carbocycles. The molecule has 0 unspecified atom stereocenters. The van der Waals surface area contributed by atoms with Crippen molar-refractivity contribution in [3.63, 3.8) is 0 Å². The normalized spacial score (nSPS) is 11.0. The summed E-state index contributed by atoms with van der Waals surface area (Å²) in [5.41, 5.74) is 4.63. The van der Waals surface area contributed by atoms with Crippen LogP contribution in [0.3, 0.4) is 0 Å². The van der Waals surface area contributed by atoms with Gasteiger partial charge in [0.05, 0.1) is 0 Å². The van der Waals surface area contributed by atoms with Crippen LogP contribution in [-0.2, 0) is 5.75 Å². The van der Waals surface area contributed by atoms with Crippen molar-refractivity contribution in [2.24, 2.45) is 0 Å². The summed E-state index contributed by atoms with van der Waals surface area (Å²) in [5, 5.41) is 3.66. The van der Waals surface area contributed by atoms with Gasteiger partial charge in [-0.15, -0.1) is 0 Å². The molecule has 0 aliphatic heterocycles. The van der Waals surface area contributed by atoms with E-state index in [1.807, 2.05) is 49.4 Å². The molecule has 0 bridgehead atoms. The molecule has 0 atom stereocenters. The van der Waals surface area contributed by atoms with E-state index in [-0.39, 0.29) is 5.91 Å². The number of nitrogens with zero attached hydrogens (tertiary/aromatic N) is 1. The number of fused-ring (bicyclic) bond motifs is 1. The Morgan fingerprint density at radius 1 is 1.15 bits per heavy atom. The fraction of sp³-hybridized carbons (Fsp3) is 0.364. The lowest BCUT2D eigenvalue weighted by Gasteiger charge is -2.06. The quantitative estimate of drug-likeness (QED) is 0.379. The zero-order chi connectivity index (χ0) is 19.1. The Balaban J connectivity index is 1.56. The number of thioether (sulfide) groups is 1. The predicted octanol–water partition coefficient (Wildman–Crippen LogP) is 5.74. The van der Waals surface area contributed by atoms with Crippen LogP contribution in [0.15, 0.2) is 52.1 Å². The van der Waals surface area contributed by atoms with Crippen LogP contribution in [-0.4, -0.2) is 17.4 Å². The van der Waals surface area contributed by atoms with Crippen LogP contribution in [0.1, 0.15) is 54.1 Å². The van der Waals surface area contributed by atoms with Gasteiger partial charge in [0.1, 0.15) is 5.52 Å². The molecule has 0 radical (unpaired) electrons. The Bertz CT molecular complexity index is 904. The van der Waals surface area contributed by atoms with Gasteiger partial charge in [-0.05, 0) is 42.7 Å². The summed E-state index contributed by atoms with van der Waals surface area (Å²) in [5.74, 6) is 0.708. The van der Waals surface area contributed by atoms with Crippen LogP contribution in [0.25, 0.3) is 11.1 Å². The van der Waals surface area contributed by atoms with Crippen LogP contribution in [0, 0.1) is 6.92 Å². The van der Waals surface area contributed by atoms with E-state index in [4.69, 9.17) is 4.42 Å². The molecule has 27 heavy (non-hydrogen) atoms. The molecule has 5 heteroatoms. The number of amides is 1. The third-order valence-electron chi connectivity index (χ3n) is 4.47. The van der Waals surface area contributed by atoms with Crippen molar-refractivity contribution in [1.82, 2.24) is 10.3 Å². The van der Waals surface area contributed by atoms with Gasteiger partial charge in [-0.25, -0.2) is 4.98 Å². The SMILES string of the molecule is CCCCCCNC(=O)c1cccc(CSc2nc3c(C)cccc3o2)c1. The van der Waals surface area contributed by atoms with E-state index in [1.165, 1.54) is 12.8 Å². The number of carbonyl (C=O) groups excluding carboxylic acids is 1. The molecule has 142 valence electrons. The van der Waals surface area contributed by atoms with Gasteiger partial charge < -0.3 is 9.73 Å². The van der Waals surface area contributed by atoms with Gasteiger partial charge >= 0.3 is 0 Å². The molecule has 0 aliphatic rings. The molecule has 2 aromatic carbocycles. The molecule has 1 heterocycles. The standard InChI is InChI=1S/C22H26N2O2S/c1-3-4-5-6-13-23-21(25)18-11-8-10-17(14-18)15-27-22-24-20-16(2)9-7-12-19(20)26-22/h7-12,14H,3-6,13,15H2,1-2H3,(H,23,25). The number of aryl methyl sites for hydroxylation is 1. The van der Waals surface area contributed by atoms with Crippen molar-refractivity contribution in [1.29, 1.82) is 0 Å². The lowest BCUT2D eigenvalue weighted by molar-refractivity contribution is 0.0953. The topological polar surface area (TPSA) is 55.1 Å². The molecular formula is C22H26N2O2S. The second-order valence-corrected chi connectivity index (χ2v) is 7.63. The van der Waals surface area contributed by atoms with E-state index in [1.54, 1.807) is 11.8 Å². The van der Waals surface area contributed by atoms with Crippen molar-refractivity contribution in [2.75, 3.05) is 6.54 Å². The van der Waals surface area contributed by atoms with E-state index in [2.05, 4.69) is 17.2 Å². The summed E-state index contributed by atoms with van der Waals surface area (Å²) in [6.45, 7) is 4.95. The Morgan fingerprint density at radius 2 is 2.00 bits per heavy atom. The van der Waals surface area contributed by atoms with Crippen molar-refractivity contribution in [3.8, 4) is 0 Å². The molecule has 1 N–H and O–H groups in total. The number of para-hydroxylation sites is 1. The van der Waals surface area contributed by atoms with Crippen LogP contribution >= 0.6 is 11.8 Å². The molecule has 0 saturated heterocycles. The number of oxazole rings is 1. The number of carbonyl (C=O) groups is 1. The third kappa shape index (κ3) is 5.36. The van der Waals surface area contributed by atoms with Gasteiger partial charge in [-0.3, -0.25) is 4.79 Å². The van der Waals surface area contributed by atoms with E-state index in [9.17, 15) is 4.79 Å². The lowest BCUT2D eigenvalue weighted by Crippen LogP contribution is -2.24. The number of hydrogen-bond acceptors (Lipinski definition) is 4. The number of aromatic nitrogens is 1. The maximum atomic E-state index is 12.3. The summed E-state index contributed by atoms with van der Waals surface area (Å²) < 4.78 is 5.81. The summed E-state index contributed by atoms with van der Waals surface area (Å²) in [4.78, 5) is 16.9. The first-order valence-electron chi connectivity index (χ1n) is 9.53. The van der Waals surface area contributed by atoms with Crippen molar-refractivity contribution >= 4 is 28.8 Å². The lowest BCUT2D eigenvalue weighted by atomic mass is 10.1. The Morgan fingerprint density at radius 3 is 2.81 bits per heavy atom. The largest absolute Gasteiger partial charge is 0.431 e. The highest BCUT2D eigenvalue weighted by molar-refractivity contribution is 7.98. The van der Waals surface area contributed by atoms with E-state index < -0.39 is 0 Å². The fourth-order valence-corrected chi connectivity index (χ4v) is 3.71. The Hall–Kier alpha value is -2.27. The molecule has 1 aromatic heterocycles. The zero-order valence-corrected chi connectivity index (χ0v) is 16.8. The highest BCUT2D eigenvalue weighted by Gasteiger charge is 2.10. The summed E-state index contributed by atoms with van der Waals surface area (Å²) in [6.07, 6.45) is 4.62. The minimum absolute atomic E-state index is 0.00386. The molecular weight excluding hydrogens is 356 g/mol. The molecule has 4 nitrogen and oxygen atoms in total. The minimum Gasteiger partial charge on any atom is -0.431 e. The predicted molar refractivity (Wildman–Crippen MR) is 111 cm³/mol. The van der Waals surface area contributed by atoms with Gasteiger partial charge in [-0.1, -0.05) is 62.2 Å². The van der Waals surface area contributed by atoms with E-state index in [0.29, 0.717) is 16.5 Å². The molecule has 1 amide bonds. The highest BCUT2D eigenvalue weighted by Crippen LogP contribution is 2.27. The first-order chi connectivity index (χ1) is 13.2. The van der Waals surface area contributed by atoms with Gasteiger partial charge in [-0.2, -0.15) is 0 Å². The fourth-order valence-electron chi connectivity index (χ4n) is 2.93. The Labute approximate surface area is 164 Å². The average molecular weight is 383 g/mol. The van der Waals surface area contributed by atoms with E-state index >= 15 is 0 Å². The number of benzene rings is 2. The van der Waals surface area contributed by atoms with Gasteiger partial charge in [0.25, 0.3) is 11.1 Å². The minimum atomic E-state index is -0.00386. The highest BCUT2D eigenvalue weighted by atomic mass is 32.2. The van der Waals surface area contributed by atoms with Gasteiger partial charge in [0.15, 0.2) is 5.58 Å². The molecule has 3 aromatic rings. The maximum absolute atomic E-state index is 12.3. The first kappa shape index (κ1) is 19.5. The molecule has 0 fully saturated rings. The van der Waals surface area contributed by atoms with Crippen LogP contribution in [0.2, 0.25) is 0 Å². The molecule has 3 rings (SSSR count). The van der Waals surface area contributed by atoms with Gasteiger partial charge in [0, 0.05) is 17.9 Å². The monoisotopic (exact) mass is 382 g/mol. The summed E-state index contributed by atoms with van der Waals surface area (Å²) >= 11 is 1.55. The Kier molecular flexibility index (Phi) is 6.93. The average Bonchev–Trinajstić information content (AvgIpc) is 3.11. The van der Waals surface area contributed by atoms with Crippen LogP contribution in [0.4, 0.5) is 0 Å². The van der Waals surface area contributed by atoms with E-state index in [0.717, 1.165) is 41.6 Å². The van der Waals surface area contributed by atoms with Crippen LogP contribution in [0.5, 0.6) is 0 Å². The zero-order valence-electron chi connectivity index (χ0n) is 16.0. The van der Waals surface area contributed by atoms with Gasteiger partial charge in [0.2, 0.25) is 0 Å². The van der Waals surface area contributed by atoms with Crippen LogP contribution < -0.4 is 5.32 Å². The van der Waals surface area contributed by atoms with Crippen molar-refractivity contribution in [3.05, 3.63) is 59.2 Å². The second kappa shape index (κ2) is 9.60. The molecule has 0 saturated carbocycles. The third-order valence-corrected chi connectivity index (χ3v) is 5.37. The smallest absolute Gasteiger partial charge is 0.257 e. The van der Waals surface area contributed by atoms with Crippen molar-refractivity contribution < 1.29 is 9.21 Å². The number of unbranched alkanes of at least 4 members (excludes halogenated alkanes) is 3. The second-order valence-electron chi connectivity index (χ2n) is 6.71. The molecule has 0 spiro atoms. The number of rotatable bonds is 9. The number of nitrogens with one attached hydrogen (secondary N) is 1. The maximum Gasteiger partial charge on any atom is 0.257 e. The summed E-state index contributed by atoms with van der Waals surface area (Å²) in [6, 6.07) is 13.7. The summed E-state index contributed by atoms with van der Waals surface area (Å²) in [7, 11) is 0.